The molecule has 1 heterocycles. The van der Waals surface area contributed by atoms with E-state index in [9.17, 15) is 0 Å². The van der Waals surface area contributed by atoms with Crippen LogP contribution in [0.4, 0.5) is 5.82 Å². The van der Waals surface area contributed by atoms with Gasteiger partial charge in [-0.3, -0.25) is 0 Å². The zero-order valence-electron chi connectivity index (χ0n) is 10.9. The fourth-order valence-electron chi connectivity index (χ4n) is 1.71. The molecule has 19 heavy (non-hydrogen) atoms. The average Bonchev–Trinajstić information content (AvgIpc) is 2.36. The number of aryl methyl sites for hydroxylation is 2. The van der Waals surface area contributed by atoms with Crippen LogP contribution in [-0.2, 0) is 0 Å². The van der Waals surface area contributed by atoms with Gasteiger partial charge in [0, 0.05) is 5.02 Å². The summed E-state index contributed by atoms with van der Waals surface area (Å²) in [5, 5.41) is 0.724. The van der Waals surface area contributed by atoms with Crippen molar-refractivity contribution < 1.29 is 9.47 Å². The molecule has 2 rings (SSSR count). The lowest BCUT2D eigenvalue weighted by atomic mass is 10.1. The van der Waals surface area contributed by atoms with Gasteiger partial charge in [-0.05, 0) is 37.1 Å². The Balaban J connectivity index is 2.39. The third kappa shape index (κ3) is 2.71. The van der Waals surface area contributed by atoms with Gasteiger partial charge in [-0.15, -0.1) is 0 Å². The lowest BCUT2D eigenvalue weighted by Gasteiger charge is -2.12. The largest absolute Gasteiger partial charge is 0.489 e. The zero-order chi connectivity index (χ0) is 14.0. The maximum absolute atomic E-state index is 6.11. The van der Waals surface area contributed by atoms with E-state index >= 15 is 0 Å². The van der Waals surface area contributed by atoms with Crippen molar-refractivity contribution in [2.45, 2.75) is 13.8 Å². The van der Waals surface area contributed by atoms with Gasteiger partial charge in [0.15, 0.2) is 5.82 Å². The van der Waals surface area contributed by atoms with E-state index in [4.69, 9.17) is 26.8 Å². The molecule has 0 radical (unpaired) electrons. The zero-order valence-corrected chi connectivity index (χ0v) is 11.7. The summed E-state index contributed by atoms with van der Waals surface area (Å²) >= 11 is 6.11. The minimum atomic E-state index is 0.231. The summed E-state index contributed by atoms with van der Waals surface area (Å²) in [6.07, 6.45) is 1.32. The van der Waals surface area contributed by atoms with Crippen molar-refractivity contribution in [2.24, 2.45) is 0 Å². The summed E-state index contributed by atoms with van der Waals surface area (Å²) in [7, 11) is 1.49. The molecule has 0 amide bonds. The smallest absolute Gasteiger partial charge is 0.268 e. The number of halogens is 1. The van der Waals surface area contributed by atoms with E-state index in [0.29, 0.717) is 11.5 Å². The second-order valence-electron chi connectivity index (χ2n) is 4.07. The Labute approximate surface area is 116 Å². The van der Waals surface area contributed by atoms with E-state index in [1.807, 2.05) is 26.0 Å². The Kier molecular flexibility index (Phi) is 3.76. The summed E-state index contributed by atoms with van der Waals surface area (Å²) in [5.41, 5.74) is 7.55. The van der Waals surface area contributed by atoms with Crippen molar-refractivity contribution in [1.29, 1.82) is 0 Å². The van der Waals surface area contributed by atoms with E-state index < -0.39 is 0 Å². The molecule has 100 valence electrons. The van der Waals surface area contributed by atoms with Gasteiger partial charge in [-0.2, -0.15) is 4.98 Å². The molecule has 0 aliphatic carbocycles. The number of nitrogens with zero attached hydrogens (tertiary/aromatic N) is 2. The molecule has 0 atom stereocenters. The molecular weight excluding hydrogens is 266 g/mol. The molecular formula is C13H14ClN3O2. The van der Waals surface area contributed by atoms with Crippen LogP contribution in [0, 0.1) is 13.8 Å². The van der Waals surface area contributed by atoms with Crippen LogP contribution in [0.25, 0.3) is 0 Å². The Hall–Kier alpha value is -2.01. The number of rotatable bonds is 3. The molecule has 0 unspecified atom stereocenters. The summed E-state index contributed by atoms with van der Waals surface area (Å²) in [5.74, 6) is 1.44. The van der Waals surface area contributed by atoms with Gasteiger partial charge in [0.2, 0.25) is 5.75 Å². The average molecular weight is 280 g/mol. The lowest BCUT2D eigenvalue weighted by molar-refractivity contribution is 0.369. The third-order valence-corrected chi connectivity index (χ3v) is 3.22. The molecule has 0 aliphatic heterocycles. The first-order chi connectivity index (χ1) is 9.02. The predicted octanol–water partition coefficient (Wildman–Crippen LogP) is 3.13. The fraction of sp³-hybridized carbons (Fsp3) is 0.231. The molecule has 1 aromatic carbocycles. The number of benzene rings is 1. The van der Waals surface area contributed by atoms with Gasteiger partial charge < -0.3 is 15.2 Å². The summed E-state index contributed by atoms with van der Waals surface area (Å²) < 4.78 is 10.8. The second kappa shape index (κ2) is 5.32. The van der Waals surface area contributed by atoms with Crippen LogP contribution >= 0.6 is 11.6 Å². The molecule has 1 aromatic heterocycles. The van der Waals surface area contributed by atoms with Crippen LogP contribution in [0.3, 0.4) is 0 Å². The molecule has 0 aliphatic rings. The van der Waals surface area contributed by atoms with Gasteiger partial charge in [0.05, 0.1) is 7.11 Å². The van der Waals surface area contributed by atoms with E-state index in [1.54, 1.807) is 0 Å². The first-order valence-corrected chi connectivity index (χ1v) is 5.99. The molecule has 0 spiro atoms. The number of hydrogen-bond donors (Lipinski definition) is 1. The predicted molar refractivity (Wildman–Crippen MR) is 74.0 cm³/mol. The van der Waals surface area contributed by atoms with Crippen LogP contribution in [0.2, 0.25) is 5.02 Å². The highest BCUT2D eigenvalue weighted by atomic mass is 35.5. The van der Waals surface area contributed by atoms with Crippen LogP contribution in [0.15, 0.2) is 18.5 Å². The first-order valence-electron chi connectivity index (χ1n) is 5.62. The maximum atomic E-state index is 6.11. The van der Waals surface area contributed by atoms with Gasteiger partial charge in [-0.1, -0.05) is 11.6 Å². The normalized spacial score (nSPS) is 10.3. The topological polar surface area (TPSA) is 70.3 Å². The minimum absolute atomic E-state index is 0.231. The number of anilines is 1. The lowest BCUT2D eigenvalue weighted by Crippen LogP contribution is -2.00. The number of ether oxygens (including phenoxy) is 2. The highest BCUT2D eigenvalue weighted by molar-refractivity contribution is 6.32. The molecule has 0 bridgehead atoms. The highest BCUT2D eigenvalue weighted by Gasteiger charge is 2.13. The van der Waals surface area contributed by atoms with E-state index in [2.05, 4.69) is 9.97 Å². The molecule has 0 saturated carbocycles. The van der Waals surface area contributed by atoms with Crippen molar-refractivity contribution >= 4 is 17.4 Å². The second-order valence-corrected chi connectivity index (χ2v) is 4.45. The van der Waals surface area contributed by atoms with Gasteiger partial charge >= 0.3 is 0 Å². The summed E-state index contributed by atoms with van der Waals surface area (Å²) in [6, 6.07) is 3.65. The van der Waals surface area contributed by atoms with Crippen LogP contribution in [-0.4, -0.2) is 17.1 Å². The van der Waals surface area contributed by atoms with Crippen molar-refractivity contribution in [2.75, 3.05) is 12.8 Å². The molecule has 2 aromatic rings. The monoisotopic (exact) mass is 279 g/mol. The Morgan fingerprint density at radius 1 is 1.16 bits per heavy atom. The van der Waals surface area contributed by atoms with Crippen LogP contribution in [0.5, 0.6) is 17.4 Å². The van der Waals surface area contributed by atoms with Crippen molar-refractivity contribution in [3.05, 3.63) is 34.6 Å². The third-order valence-electron chi connectivity index (χ3n) is 2.63. The van der Waals surface area contributed by atoms with Crippen molar-refractivity contribution in [3.8, 4) is 17.4 Å². The fourth-order valence-corrected chi connectivity index (χ4v) is 1.82. The van der Waals surface area contributed by atoms with Gasteiger partial charge in [-0.25, -0.2) is 4.98 Å². The Morgan fingerprint density at radius 2 is 1.79 bits per heavy atom. The SMILES string of the molecule is COc1c(N)ncnc1Oc1cc(C)c(Cl)c(C)c1. The maximum Gasteiger partial charge on any atom is 0.268 e. The van der Waals surface area contributed by atoms with Gasteiger partial charge in [0.1, 0.15) is 12.1 Å². The number of nitrogens with two attached hydrogens (primary N) is 1. The van der Waals surface area contributed by atoms with E-state index in [1.165, 1.54) is 13.4 Å². The standard InChI is InChI=1S/C13H14ClN3O2/c1-7-4-9(5-8(2)10(7)14)19-13-11(18-3)12(15)16-6-17-13/h4-6H,1-3H3,(H2,15,16,17). The molecule has 0 fully saturated rings. The van der Waals surface area contributed by atoms with Crippen molar-refractivity contribution in [3.63, 3.8) is 0 Å². The van der Waals surface area contributed by atoms with Crippen LogP contribution < -0.4 is 15.2 Å². The minimum Gasteiger partial charge on any atom is -0.489 e. The number of methoxy groups -OCH3 is 1. The van der Waals surface area contributed by atoms with E-state index in [-0.39, 0.29) is 11.7 Å². The number of aromatic nitrogens is 2. The molecule has 2 N–H and O–H groups in total. The van der Waals surface area contributed by atoms with E-state index in [0.717, 1.165) is 16.1 Å². The number of hydrogen-bond acceptors (Lipinski definition) is 5. The van der Waals surface area contributed by atoms with Crippen LogP contribution in [0.1, 0.15) is 11.1 Å². The van der Waals surface area contributed by atoms with Gasteiger partial charge in [0.25, 0.3) is 5.88 Å². The first kappa shape index (κ1) is 13.4. The molecule has 6 heteroatoms. The Bertz CT molecular complexity index is 594. The summed E-state index contributed by atoms with van der Waals surface area (Å²) in [4.78, 5) is 7.86. The Morgan fingerprint density at radius 3 is 2.37 bits per heavy atom. The number of nitrogen functional groups attached to an aromatic ring is 1. The highest BCUT2D eigenvalue weighted by Crippen LogP contribution is 2.34. The molecule has 5 nitrogen and oxygen atoms in total. The van der Waals surface area contributed by atoms with Crippen molar-refractivity contribution in [1.82, 2.24) is 9.97 Å². The quantitative estimate of drug-likeness (QED) is 0.935. The molecule has 0 saturated heterocycles. The summed E-state index contributed by atoms with van der Waals surface area (Å²) in [6.45, 7) is 3.82.